The maximum Gasteiger partial charge on any atom is 0.416 e. The molecule has 1 aromatic carbocycles. The Balaban J connectivity index is 2.28. The average Bonchev–Trinajstić information content (AvgIpc) is 2.51. The number of halogens is 7. The molecule has 0 aliphatic heterocycles. The van der Waals surface area contributed by atoms with Gasteiger partial charge in [0.25, 0.3) is 0 Å². The summed E-state index contributed by atoms with van der Waals surface area (Å²) in [7, 11) is 0. The van der Waals surface area contributed by atoms with Gasteiger partial charge in [0.2, 0.25) is 0 Å². The minimum Gasteiger partial charge on any atom is -0.489 e. The van der Waals surface area contributed by atoms with E-state index in [1.165, 1.54) is 0 Å². The normalized spacial score (nSPS) is 20.7. The third kappa shape index (κ3) is 4.52. The molecule has 142 valence electrons. The second-order valence-corrected chi connectivity index (χ2v) is 5.43. The first-order chi connectivity index (χ1) is 11.8. The molecule has 11 heteroatoms. The van der Waals surface area contributed by atoms with Crippen molar-refractivity contribution < 1.29 is 40.4 Å². The summed E-state index contributed by atoms with van der Waals surface area (Å²) >= 11 is 0. The van der Waals surface area contributed by atoms with E-state index >= 15 is 0 Å². The molecule has 2 rings (SSSR count). The van der Waals surface area contributed by atoms with Crippen LogP contribution in [0.5, 0.6) is 0 Å². The molecular weight excluding hydrogens is 375 g/mol. The molecule has 4 nitrogen and oxygen atoms in total. The number of allylic oxidation sites excluding steroid dienone is 1. The fraction of sp³-hybridized carbons (Fsp3) is 0.333. The van der Waals surface area contributed by atoms with Gasteiger partial charge in [0.1, 0.15) is 12.4 Å². The van der Waals surface area contributed by atoms with Gasteiger partial charge in [-0.3, -0.25) is 10.1 Å². The number of nitro groups is 1. The summed E-state index contributed by atoms with van der Waals surface area (Å²) in [6.45, 7) is -0.767. The summed E-state index contributed by atoms with van der Waals surface area (Å²) < 4.78 is 95.5. The molecule has 0 bridgehead atoms. The van der Waals surface area contributed by atoms with Crippen LogP contribution in [0.15, 0.2) is 42.2 Å². The molecule has 0 spiro atoms. The molecule has 26 heavy (non-hydrogen) atoms. The molecule has 0 amide bonds. The van der Waals surface area contributed by atoms with E-state index in [1.54, 1.807) is 0 Å². The van der Waals surface area contributed by atoms with Gasteiger partial charge < -0.3 is 4.74 Å². The molecule has 1 aliphatic rings. The SMILES string of the molecule is O=[N+]([O-])C1(F)C=C(OCc2cc(C(F)(F)F)cc(C(F)(F)F)c2)C=CC1. The summed E-state index contributed by atoms with van der Waals surface area (Å²) in [5.74, 6) is -3.32. The van der Waals surface area contributed by atoms with Crippen LogP contribution < -0.4 is 0 Å². The van der Waals surface area contributed by atoms with Crippen LogP contribution in [0.2, 0.25) is 0 Å². The fourth-order valence-corrected chi connectivity index (χ4v) is 2.15. The van der Waals surface area contributed by atoms with E-state index in [9.17, 15) is 40.8 Å². The lowest BCUT2D eigenvalue weighted by atomic mass is 10.0. The first kappa shape index (κ1) is 19.7. The van der Waals surface area contributed by atoms with E-state index in [0.717, 1.165) is 12.2 Å². The van der Waals surface area contributed by atoms with Gasteiger partial charge in [-0.25, -0.2) is 0 Å². The Kier molecular flexibility index (Phi) is 5.02. The highest BCUT2D eigenvalue weighted by molar-refractivity contribution is 5.33. The van der Waals surface area contributed by atoms with Crippen molar-refractivity contribution >= 4 is 0 Å². The third-order valence-electron chi connectivity index (χ3n) is 3.41. The maximum absolute atomic E-state index is 13.9. The predicted molar refractivity (Wildman–Crippen MR) is 73.9 cm³/mol. The number of alkyl halides is 7. The van der Waals surface area contributed by atoms with Crippen molar-refractivity contribution in [3.05, 3.63) is 69.0 Å². The third-order valence-corrected chi connectivity index (χ3v) is 3.41. The molecule has 0 heterocycles. The smallest absolute Gasteiger partial charge is 0.416 e. The van der Waals surface area contributed by atoms with Crippen LogP contribution in [0.1, 0.15) is 23.1 Å². The van der Waals surface area contributed by atoms with E-state index in [1.807, 2.05) is 0 Å². The quantitative estimate of drug-likeness (QED) is 0.316. The summed E-state index contributed by atoms with van der Waals surface area (Å²) in [6, 6.07) is 0.875. The first-order valence-electron chi connectivity index (χ1n) is 6.95. The van der Waals surface area contributed by atoms with Crippen molar-refractivity contribution in [1.82, 2.24) is 0 Å². The van der Waals surface area contributed by atoms with E-state index < -0.39 is 52.8 Å². The van der Waals surface area contributed by atoms with Crippen molar-refractivity contribution in [1.29, 1.82) is 0 Å². The van der Waals surface area contributed by atoms with Crippen molar-refractivity contribution in [2.45, 2.75) is 31.2 Å². The fourth-order valence-electron chi connectivity index (χ4n) is 2.15. The van der Waals surface area contributed by atoms with Gasteiger partial charge in [0.15, 0.2) is 0 Å². The molecule has 1 atom stereocenters. The number of ether oxygens (including phenoxy) is 1. The zero-order valence-corrected chi connectivity index (χ0v) is 12.7. The molecule has 0 fully saturated rings. The van der Waals surface area contributed by atoms with Gasteiger partial charge in [-0.1, -0.05) is 6.08 Å². The summed E-state index contributed by atoms with van der Waals surface area (Å²) in [6.07, 6.45) is -7.88. The zero-order valence-electron chi connectivity index (χ0n) is 12.7. The number of hydrogen-bond donors (Lipinski definition) is 0. The van der Waals surface area contributed by atoms with E-state index in [0.29, 0.717) is 18.2 Å². The predicted octanol–water partition coefficient (Wildman–Crippen LogP) is 5.03. The Morgan fingerprint density at radius 2 is 1.62 bits per heavy atom. The van der Waals surface area contributed by atoms with Gasteiger partial charge in [0.05, 0.1) is 28.5 Å². The van der Waals surface area contributed by atoms with E-state index in [4.69, 9.17) is 4.74 Å². The highest BCUT2D eigenvalue weighted by atomic mass is 19.4. The number of benzene rings is 1. The maximum atomic E-state index is 13.9. The molecule has 0 saturated carbocycles. The Hall–Kier alpha value is -2.59. The monoisotopic (exact) mass is 385 g/mol. The second-order valence-electron chi connectivity index (χ2n) is 5.43. The number of hydrogen-bond acceptors (Lipinski definition) is 3. The van der Waals surface area contributed by atoms with Gasteiger partial charge in [-0.2, -0.15) is 30.7 Å². The molecule has 1 unspecified atom stereocenters. The lowest BCUT2D eigenvalue weighted by Crippen LogP contribution is -2.32. The Morgan fingerprint density at radius 3 is 2.08 bits per heavy atom. The second kappa shape index (κ2) is 6.61. The van der Waals surface area contributed by atoms with Crippen molar-refractivity contribution in [3.8, 4) is 0 Å². The highest BCUT2D eigenvalue weighted by Crippen LogP contribution is 2.36. The molecule has 0 N–H and O–H groups in total. The largest absolute Gasteiger partial charge is 0.489 e. The molecule has 1 aliphatic carbocycles. The summed E-state index contributed by atoms with van der Waals surface area (Å²) in [4.78, 5) is 9.44. The molecule has 0 radical (unpaired) electrons. The highest BCUT2D eigenvalue weighted by Gasteiger charge is 2.42. The van der Waals surface area contributed by atoms with Crippen LogP contribution in [0, 0.1) is 10.1 Å². The van der Waals surface area contributed by atoms with Gasteiger partial charge in [-0.05, 0) is 29.8 Å². The average molecular weight is 385 g/mol. The molecule has 0 saturated heterocycles. The van der Waals surface area contributed by atoms with E-state index in [2.05, 4.69) is 0 Å². The first-order valence-corrected chi connectivity index (χ1v) is 6.95. The molecular formula is C15H10F7NO3. The van der Waals surface area contributed by atoms with Crippen molar-refractivity contribution in [3.63, 3.8) is 0 Å². The van der Waals surface area contributed by atoms with E-state index in [-0.39, 0.29) is 11.8 Å². The van der Waals surface area contributed by atoms with Crippen LogP contribution in [-0.4, -0.2) is 10.7 Å². The lowest BCUT2D eigenvalue weighted by molar-refractivity contribution is -0.589. The number of rotatable bonds is 4. The molecule has 0 aromatic heterocycles. The van der Waals surface area contributed by atoms with Crippen LogP contribution in [0.4, 0.5) is 30.7 Å². The van der Waals surface area contributed by atoms with Gasteiger partial charge in [-0.15, -0.1) is 0 Å². The van der Waals surface area contributed by atoms with Crippen LogP contribution >= 0.6 is 0 Å². The molecule has 1 aromatic rings. The van der Waals surface area contributed by atoms with Gasteiger partial charge >= 0.3 is 18.1 Å². The summed E-state index contributed by atoms with van der Waals surface area (Å²) in [5.41, 5.74) is -3.52. The Labute approximate surface area is 141 Å². The Morgan fingerprint density at radius 1 is 1.08 bits per heavy atom. The topological polar surface area (TPSA) is 52.4 Å². The van der Waals surface area contributed by atoms with Crippen molar-refractivity contribution in [2.24, 2.45) is 0 Å². The minimum atomic E-state index is -5.01. The number of nitrogens with zero attached hydrogens (tertiary/aromatic N) is 1. The van der Waals surface area contributed by atoms with Crippen LogP contribution in [0.25, 0.3) is 0 Å². The minimum absolute atomic E-state index is 0.0391. The van der Waals surface area contributed by atoms with Crippen LogP contribution in [-0.2, 0) is 23.7 Å². The standard InChI is InChI=1S/C15H10F7NO3/c16-13(23(24)25)3-1-2-12(7-13)26-8-9-4-10(14(17,18)19)6-11(5-9)15(20,21)22/h1-2,4-7H,3,8H2. The van der Waals surface area contributed by atoms with Gasteiger partial charge in [0, 0.05) is 0 Å². The van der Waals surface area contributed by atoms with Crippen molar-refractivity contribution in [2.75, 3.05) is 0 Å². The lowest BCUT2D eigenvalue weighted by Gasteiger charge is -2.18. The summed E-state index contributed by atoms with van der Waals surface area (Å²) in [5, 5.41) is 10.7. The Bertz CT molecular complexity index is 735. The zero-order chi connectivity index (χ0) is 19.8. The van der Waals surface area contributed by atoms with Crippen LogP contribution in [0.3, 0.4) is 0 Å².